The van der Waals surface area contributed by atoms with Crippen LogP contribution in [0.2, 0.25) is 0 Å². The lowest BCUT2D eigenvalue weighted by atomic mass is 10.1. The van der Waals surface area contributed by atoms with Gasteiger partial charge in [0.15, 0.2) is 11.5 Å². The van der Waals surface area contributed by atoms with Gasteiger partial charge in [0.05, 0.1) is 7.11 Å². The summed E-state index contributed by atoms with van der Waals surface area (Å²) in [5.41, 5.74) is 2.45. The standard InChI is InChI=1S/C23H33NO2/c1-5-15-24(16-6-2)17-14-20-12-13-22(25-4)23(18-20)26-19(3)21-10-8-7-9-11-21/h7-13,18-19H,5-6,14-17H2,1-4H3. The van der Waals surface area contributed by atoms with Gasteiger partial charge in [-0.1, -0.05) is 50.2 Å². The van der Waals surface area contributed by atoms with Crippen LogP contribution in [-0.2, 0) is 6.42 Å². The monoisotopic (exact) mass is 355 g/mol. The molecule has 1 atom stereocenters. The number of methoxy groups -OCH3 is 1. The minimum absolute atomic E-state index is 0.0166. The van der Waals surface area contributed by atoms with E-state index >= 15 is 0 Å². The Labute approximate surface area is 158 Å². The molecule has 2 rings (SSSR count). The largest absolute Gasteiger partial charge is 0.493 e. The lowest BCUT2D eigenvalue weighted by Gasteiger charge is -2.21. The van der Waals surface area contributed by atoms with Gasteiger partial charge in [0.1, 0.15) is 6.10 Å². The van der Waals surface area contributed by atoms with Crippen molar-refractivity contribution >= 4 is 0 Å². The molecule has 0 fully saturated rings. The van der Waals surface area contributed by atoms with Gasteiger partial charge < -0.3 is 14.4 Å². The van der Waals surface area contributed by atoms with Crippen molar-refractivity contribution in [3.8, 4) is 11.5 Å². The maximum absolute atomic E-state index is 6.23. The average molecular weight is 356 g/mol. The van der Waals surface area contributed by atoms with Crippen molar-refractivity contribution < 1.29 is 9.47 Å². The smallest absolute Gasteiger partial charge is 0.162 e. The predicted molar refractivity (Wildman–Crippen MR) is 109 cm³/mol. The predicted octanol–water partition coefficient (Wildman–Crippen LogP) is 5.50. The van der Waals surface area contributed by atoms with E-state index in [-0.39, 0.29) is 6.10 Å². The van der Waals surface area contributed by atoms with Gasteiger partial charge in [0, 0.05) is 6.54 Å². The number of ether oxygens (including phenoxy) is 2. The highest BCUT2D eigenvalue weighted by molar-refractivity contribution is 5.43. The van der Waals surface area contributed by atoms with Gasteiger partial charge in [-0.3, -0.25) is 0 Å². The Bertz CT molecular complexity index is 636. The molecule has 0 N–H and O–H groups in total. The van der Waals surface area contributed by atoms with Crippen molar-refractivity contribution in [2.45, 2.75) is 46.1 Å². The molecule has 26 heavy (non-hydrogen) atoms. The summed E-state index contributed by atoms with van der Waals surface area (Å²) >= 11 is 0. The summed E-state index contributed by atoms with van der Waals surface area (Å²) in [6.45, 7) is 9.98. The molecule has 2 aromatic rings. The van der Waals surface area contributed by atoms with Crippen molar-refractivity contribution in [3.05, 3.63) is 59.7 Å². The Morgan fingerprint density at radius 1 is 0.885 bits per heavy atom. The van der Waals surface area contributed by atoms with Crippen molar-refractivity contribution in [1.29, 1.82) is 0 Å². The fourth-order valence-electron chi connectivity index (χ4n) is 3.21. The van der Waals surface area contributed by atoms with E-state index in [2.05, 4.69) is 49.9 Å². The zero-order valence-electron chi connectivity index (χ0n) is 16.7. The summed E-state index contributed by atoms with van der Waals surface area (Å²) in [6, 6.07) is 16.6. The molecular weight excluding hydrogens is 322 g/mol. The number of hydrogen-bond acceptors (Lipinski definition) is 3. The van der Waals surface area contributed by atoms with Crippen LogP contribution in [-0.4, -0.2) is 31.6 Å². The molecule has 0 saturated heterocycles. The van der Waals surface area contributed by atoms with Gasteiger partial charge >= 0.3 is 0 Å². The van der Waals surface area contributed by atoms with E-state index in [0.29, 0.717) is 0 Å². The van der Waals surface area contributed by atoms with Crippen molar-refractivity contribution in [2.24, 2.45) is 0 Å². The Hall–Kier alpha value is -2.00. The molecule has 0 heterocycles. The molecule has 0 amide bonds. The van der Waals surface area contributed by atoms with Crippen molar-refractivity contribution in [1.82, 2.24) is 4.90 Å². The van der Waals surface area contributed by atoms with Crippen LogP contribution < -0.4 is 9.47 Å². The van der Waals surface area contributed by atoms with Crippen LogP contribution in [0, 0.1) is 0 Å². The summed E-state index contributed by atoms with van der Waals surface area (Å²) in [6.07, 6.45) is 3.41. The molecule has 0 aliphatic rings. The second-order valence-corrected chi connectivity index (χ2v) is 6.75. The first-order chi connectivity index (χ1) is 12.7. The van der Waals surface area contributed by atoms with Crippen LogP contribution in [0.4, 0.5) is 0 Å². The maximum atomic E-state index is 6.23. The van der Waals surface area contributed by atoms with Crippen molar-refractivity contribution in [2.75, 3.05) is 26.7 Å². The second-order valence-electron chi connectivity index (χ2n) is 6.75. The molecular formula is C23H33NO2. The van der Waals surface area contributed by atoms with Gasteiger partial charge in [0.25, 0.3) is 0 Å². The Morgan fingerprint density at radius 2 is 1.58 bits per heavy atom. The molecule has 0 aliphatic heterocycles. The molecule has 0 spiro atoms. The molecule has 3 heteroatoms. The summed E-state index contributed by atoms with van der Waals surface area (Å²) in [4.78, 5) is 2.54. The van der Waals surface area contributed by atoms with E-state index in [1.54, 1.807) is 7.11 Å². The van der Waals surface area contributed by atoms with E-state index in [1.807, 2.05) is 24.3 Å². The highest BCUT2D eigenvalue weighted by Crippen LogP contribution is 2.32. The van der Waals surface area contributed by atoms with Crippen LogP contribution in [0.5, 0.6) is 11.5 Å². The molecule has 2 aromatic carbocycles. The van der Waals surface area contributed by atoms with Gasteiger partial charge in [-0.15, -0.1) is 0 Å². The van der Waals surface area contributed by atoms with Crippen LogP contribution in [0.25, 0.3) is 0 Å². The van der Waals surface area contributed by atoms with Crippen molar-refractivity contribution in [3.63, 3.8) is 0 Å². The summed E-state index contributed by atoms with van der Waals surface area (Å²) < 4.78 is 11.7. The lowest BCUT2D eigenvalue weighted by molar-refractivity contribution is 0.215. The van der Waals surface area contributed by atoms with E-state index in [4.69, 9.17) is 9.47 Å². The Balaban J connectivity index is 2.07. The van der Waals surface area contributed by atoms with Crippen LogP contribution in [0.15, 0.2) is 48.5 Å². The molecule has 142 valence electrons. The molecule has 0 radical (unpaired) electrons. The van der Waals surface area contributed by atoms with Crippen LogP contribution in [0.1, 0.15) is 50.8 Å². The van der Waals surface area contributed by atoms with Gasteiger partial charge in [-0.25, -0.2) is 0 Å². The van der Waals surface area contributed by atoms with E-state index < -0.39 is 0 Å². The third-order valence-corrected chi connectivity index (χ3v) is 4.60. The first-order valence-corrected chi connectivity index (χ1v) is 9.78. The van der Waals surface area contributed by atoms with E-state index in [0.717, 1.165) is 30.0 Å². The zero-order valence-corrected chi connectivity index (χ0v) is 16.7. The first kappa shape index (κ1) is 20.3. The number of nitrogens with zero attached hydrogens (tertiary/aromatic N) is 1. The number of hydrogen-bond donors (Lipinski definition) is 0. The molecule has 0 aliphatic carbocycles. The Kier molecular flexibility index (Phi) is 8.49. The molecule has 0 saturated carbocycles. The number of rotatable bonds is 11. The number of benzene rings is 2. The second kappa shape index (κ2) is 10.9. The normalized spacial score (nSPS) is 12.2. The summed E-state index contributed by atoms with van der Waals surface area (Å²) in [7, 11) is 1.69. The zero-order chi connectivity index (χ0) is 18.8. The lowest BCUT2D eigenvalue weighted by Crippen LogP contribution is -2.27. The fourth-order valence-corrected chi connectivity index (χ4v) is 3.21. The third-order valence-electron chi connectivity index (χ3n) is 4.60. The van der Waals surface area contributed by atoms with E-state index in [1.165, 1.54) is 31.5 Å². The van der Waals surface area contributed by atoms with E-state index in [9.17, 15) is 0 Å². The quantitative estimate of drug-likeness (QED) is 0.531. The highest BCUT2D eigenvalue weighted by Gasteiger charge is 2.12. The summed E-state index contributed by atoms with van der Waals surface area (Å²) in [5.74, 6) is 1.61. The Morgan fingerprint density at radius 3 is 2.19 bits per heavy atom. The van der Waals surface area contributed by atoms with Gasteiger partial charge in [-0.2, -0.15) is 0 Å². The minimum atomic E-state index is -0.0166. The topological polar surface area (TPSA) is 21.7 Å². The van der Waals surface area contributed by atoms with Crippen LogP contribution in [0.3, 0.4) is 0 Å². The minimum Gasteiger partial charge on any atom is -0.493 e. The molecule has 0 bridgehead atoms. The SMILES string of the molecule is CCCN(CCC)CCc1ccc(OC)c(OC(C)c2ccccc2)c1. The van der Waals surface area contributed by atoms with Gasteiger partial charge in [-0.05, 0) is 62.5 Å². The molecule has 1 unspecified atom stereocenters. The van der Waals surface area contributed by atoms with Gasteiger partial charge in [0.2, 0.25) is 0 Å². The third kappa shape index (κ3) is 6.06. The maximum Gasteiger partial charge on any atom is 0.162 e. The molecule has 0 aromatic heterocycles. The van der Waals surface area contributed by atoms with Crippen LogP contribution >= 0.6 is 0 Å². The molecule has 3 nitrogen and oxygen atoms in total. The summed E-state index contributed by atoms with van der Waals surface area (Å²) in [5, 5.41) is 0. The average Bonchev–Trinajstić information content (AvgIpc) is 2.67. The fraction of sp³-hybridized carbons (Fsp3) is 0.478. The highest BCUT2D eigenvalue weighted by atomic mass is 16.5. The first-order valence-electron chi connectivity index (χ1n) is 9.78.